The molecule has 2 heterocycles. The van der Waals surface area contributed by atoms with Gasteiger partial charge in [-0.05, 0) is 37.8 Å². The molecular formula is C12H20N2O3S2. The summed E-state index contributed by atoms with van der Waals surface area (Å²) >= 11 is 1.48. The third-order valence-electron chi connectivity index (χ3n) is 3.14. The fourth-order valence-corrected chi connectivity index (χ4v) is 5.35. The van der Waals surface area contributed by atoms with Gasteiger partial charge in [0.15, 0.2) is 0 Å². The van der Waals surface area contributed by atoms with Crippen LogP contribution in [0.5, 0.6) is 0 Å². The SMILES string of the molecule is CNCc1scc(C)c1S(=O)(=O)NC1CCOCC1. The van der Waals surface area contributed by atoms with E-state index in [0.717, 1.165) is 23.3 Å². The summed E-state index contributed by atoms with van der Waals surface area (Å²) in [5, 5.41) is 4.91. The molecule has 2 rings (SSSR count). The van der Waals surface area contributed by atoms with Gasteiger partial charge in [-0.1, -0.05) is 0 Å². The lowest BCUT2D eigenvalue weighted by molar-refractivity contribution is 0.0832. The van der Waals surface area contributed by atoms with E-state index in [0.29, 0.717) is 24.7 Å². The lowest BCUT2D eigenvalue weighted by Gasteiger charge is -2.23. The summed E-state index contributed by atoms with van der Waals surface area (Å²) in [6, 6.07) is -0.0134. The summed E-state index contributed by atoms with van der Waals surface area (Å²) in [5.41, 5.74) is 0.815. The summed E-state index contributed by atoms with van der Waals surface area (Å²) in [5.74, 6) is 0. The van der Waals surface area contributed by atoms with Gasteiger partial charge >= 0.3 is 0 Å². The predicted octanol–water partition coefficient (Wildman–Crippen LogP) is 1.23. The number of nitrogens with one attached hydrogen (secondary N) is 2. The van der Waals surface area contributed by atoms with Crippen LogP contribution in [0.2, 0.25) is 0 Å². The Morgan fingerprint density at radius 2 is 2.11 bits per heavy atom. The van der Waals surface area contributed by atoms with Crippen LogP contribution in [-0.4, -0.2) is 34.7 Å². The second kappa shape index (κ2) is 6.32. The number of sulfonamides is 1. The topological polar surface area (TPSA) is 67.4 Å². The van der Waals surface area contributed by atoms with Crippen molar-refractivity contribution >= 4 is 21.4 Å². The van der Waals surface area contributed by atoms with Crippen LogP contribution in [0.3, 0.4) is 0 Å². The van der Waals surface area contributed by atoms with Gasteiger partial charge in [0.25, 0.3) is 0 Å². The molecular weight excluding hydrogens is 284 g/mol. The molecule has 0 atom stereocenters. The summed E-state index contributed by atoms with van der Waals surface area (Å²) < 4.78 is 33.1. The van der Waals surface area contributed by atoms with E-state index >= 15 is 0 Å². The number of hydrogen-bond donors (Lipinski definition) is 2. The van der Waals surface area contributed by atoms with Gasteiger partial charge in [0.2, 0.25) is 10.0 Å². The summed E-state index contributed by atoms with van der Waals surface area (Å²) in [4.78, 5) is 1.30. The highest BCUT2D eigenvalue weighted by molar-refractivity contribution is 7.89. The maximum Gasteiger partial charge on any atom is 0.242 e. The minimum Gasteiger partial charge on any atom is -0.381 e. The van der Waals surface area contributed by atoms with Crippen LogP contribution in [0.25, 0.3) is 0 Å². The van der Waals surface area contributed by atoms with Crippen molar-refractivity contribution in [2.45, 2.75) is 37.2 Å². The molecule has 1 aliphatic rings. The highest BCUT2D eigenvalue weighted by atomic mass is 32.2. The van der Waals surface area contributed by atoms with Crippen molar-refractivity contribution in [3.05, 3.63) is 15.8 Å². The van der Waals surface area contributed by atoms with Gasteiger partial charge in [-0.25, -0.2) is 13.1 Å². The van der Waals surface area contributed by atoms with Crippen LogP contribution in [0, 0.1) is 6.92 Å². The van der Waals surface area contributed by atoms with E-state index in [1.165, 1.54) is 11.3 Å². The van der Waals surface area contributed by atoms with E-state index in [1.807, 2.05) is 19.4 Å². The van der Waals surface area contributed by atoms with E-state index < -0.39 is 10.0 Å². The van der Waals surface area contributed by atoms with Crippen molar-refractivity contribution in [3.63, 3.8) is 0 Å². The monoisotopic (exact) mass is 304 g/mol. The minimum absolute atomic E-state index is 0.0134. The molecule has 0 amide bonds. The van der Waals surface area contributed by atoms with Crippen molar-refractivity contribution in [1.82, 2.24) is 10.0 Å². The Morgan fingerprint density at radius 1 is 1.42 bits per heavy atom. The summed E-state index contributed by atoms with van der Waals surface area (Å²) in [6.45, 7) is 3.66. The zero-order chi connectivity index (χ0) is 13.9. The average Bonchev–Trinajstić information content (AvgIpc) is 2.72. The van der Waals surface area contributed by atoms with Crippen molar-refractivity contribution in [2.24, 2.45) is 0 Å². The molecule has 0 bridgehead atoms. The van der Waals surface area contributed by atoms with Gasteiger partial charge < -0.3 is 10.1 Å². The molecule has 1 saturated heterocycles. The number of aryl methyl sites for hydroxylation is 1. The Hall–Kier alpha value is -0.470. The lowest BCUT2D eigenvalue weighted by Crippen LogP contribution is -2.39. The van der Waals surface area contributed by atoms with Gasteiger partial charge in [0, 0.05) is 30.7 Å². The zero-order valence-electron chi connectivity index (χ0n) is 11.2. The molecule has 0 saturated carbocycles. The smallest absolute Gasteiger partial charge is 0.242 e. The summed E-state index contributed by atoms with van der Waals surface area (Å²) in [7, 11) is -1.62. The molecule has 0 spiro atoms. The first-order valence-corrected chi connectivity index (χ1v) is 8.72. The van der Waals surface area contributed by atoms with Gasteiger partial charge in [-0.2, -0.15) is 0 Å². The Kier molecular flexibility index (Phi) is 4.97. The molecule has 1 fully saturated rings. The number of ether oxygens (including phenoxy) is 1. The van der Waals surface area contributed by atoms with Gasteiger partial charge in [-0.3, -0.25) is 0 Å². The van der Waals surface area contributed by atoms with Crippen LogP contribution >= 0.6 is 11.3 Å². The summed E-state index contributed by atoms with van der Waals surface area (Å²) in [6.07, 6.45) is 1.48. The first-order valence-electron chi connectivity index (χ1n) is 6.36. The lowest BCUT2D eigenvalue weighted by atomic mass is 10.1. The molecule has 7 heteroatoms. The molecule has 108 valence electrons. The molecule has 1 aromatic rings. The molecule has 1 aliphatic heterocycles. The van der Waals surface area contributed by atoms with E-state index in [9.17, 15) is 8.42 Å². The second-order valence-electron chi connectivity index (χ2n) is 4.71. The first kappa shape index (κ1) is 14.9. The van der Waals surface area contributed by atoms with Crippen molar-refractivity contribution in [3.8, 4) is 0 Å². The van der Waals surface area contributed by atoms with E-state index in [4.69, 9.17) is 4.74 Å². The highest BCUT2D eigenvalue weighted by Crippen LogP contribution is 2.27. The zero-order valence-corrected chi connectivity index (χ0v) is 12.9. The quantitative estimate of drug-likeness (QED) is 0.859. The molecule has 5 nitrogen and oxygen atoms in total. The Balaban J connectivity index is 2.20. The maximum absolute atomic E-state index is 12.5. The van der Waals surface area contributed by atoms with Crippen LogP contribution < -0.4 is 10.0 Å². The molecule has 0 aliphatic carbocycles. The average molecular weight is 304 g/mol. The molecule has 19 heavy (non-hydrogen) atoms. The molecule has 1 aromatic heterocycles. The van der Waals surface area contributed by atoms with Gasteiger partial charge in [-0.15, -0.1) is 11.3 Å². The van der Waals surface area contributed by atoms with E-state index in [-0.39, 0.29) is 6.04 Å². The minimum atomic E-state index is -3.44. The van der Waals surface area contributed by atoms with Crippen LogP contribution in [0.1, 0.15) is 23.3 Å². The molecule has 0 radical (unpaired) electrons. The van der Waals surface area contributed by atoms with E-state index in [2.05, 4.69) is 10.0 Å². The van der Waals surface area contributed by atoms with Crippen LogP contribution in [0.15, 0.2) is 10.3 Å². The van der Waals surface area contributed by atoms with Crippen molar-refractivity contribution in [1.29, 1.82) is 0 Å². The highest BCUT2D eigenvalue weighted by Gasteiger charge is 2.26. The normalized spacial score (nSPS) is 17.8. The first-order chi connectivity index (χ1) is 9.04. The van der Waals surface area contributed by atoms with Crippen LogP contribution in [-0.2, 0) is 21.3 Å². The van der Waals surface area contributed by atoms with Gasteiger partial charge in [0.05, 0.1) is 0 Å². The standard InChI is InChI=1S/C12H20N2O3S2/c1-9-8-18-11(7-13-2)12(9)19(15,16)14-10-3-5-17-6-4-10/h8,10,13-14H,3-7H2,1-2H3. The maximum atomic E-state index is 12.5. The third kappa shape index (κ3) is 3.55. The number of rotatable bonds is 5. The fraction of sp³-hybridized carbons (Fsp3) is 0.667. The van der Waals surface area contributed by atoms with Crippen molar-refractivity contribution < 1.29 is 13.2 Å². The van der Waals surface area contributed by atoms with Crippen molar-refractivity contribution in [2.75, 3.05) is 20.3 Å². The third-order valence-corrected chi connectivity index (χ3v) is 6.12. The molecule has 0 aromatic carbocycles. The van der Waals surface area contributed by atoms with E-state index in [1.54, 1.807) is 0 Å². The molecule has 2 N–H and O–H groups in total. The number of thiophene rings is 1. The Bertz CT molecular complexity index is 519. The Labute approximate surface area is 118 Å². The second-order valence-corrected chi connectivity index (χ2v) is 7.32. The molecule has 0 unspecified atom stereocenters. The largest absolute Gasteiger partial charge is 0.381 e. The van der Waals surface area contributed by atoms with Crippen LogP contribution in [0.4, 0.5) is 0 Å². The fourth-order valence-electron chi connectivity index (χ4n) is 2.22. The predicted molar refractivity (Wildman–Crippen MR) is 76.0 cm³/mol. The Morgan fingerprint density at radius 3 is 2.74 bits per heavy atom. The number of hydrogen-bond acceptors (Lipinski definition) is 5. The van der Waals surface area contributed by atoms with Gasteiger partial charge in [0.1, 0.15) is 4.90 Å².